The van der Waals surface area contributed by atoms with Gasteiger partial charge in [0.25, 0.3) is 0 Å². The van der Waals surface area contributed by atoms with Crippen LogP contribution in [0.5, 0.6) is 0 Å². The number of hydrogen-bond donors (Lipinski definition) is 0. The molecule has 0 unspecified atom stereocenters. The van der Waals surface area contributed by atoms with Crippen LogP contribution in [0.1, 0.15) is 25.7 Å². The molecule has 0 saturated heterocycles. The van der Waals surface area contributed by atoms with Crippen molar-refractivity contribution in [3.05, 3.63) is 20.0 Å². The molecule has 1 aliphatic carbocycles. The first-order valence-corrected chi connectivity index (χ1v) is 14.9. The molecule has 0 bridgehead atoms. The van der Waals surface area contributed by atoms with E-state index in [1.54, 1.807) is 14.3 Å². The van der Waals surface area contributed by atoms with Crippen LogP contribution in [0.3, 0.4) is 0 Å². The largest absolute Gasteiger partial charge is 0.0916 e. The molecule has 0 heterocycles. The van der Waals surface area contributed by atoms with Crippen LogP contribution in [0, 0.1) is 0 Å². The molecule has 0 spiro atoms. The first-order valence-electron chi connectivity index (χ1n) is 6.72. The van der Waals surface area contributed by atoms with Crippen LogP contribution < -0.4 is 0 Å². The van der Waals surface area contributed by atoms with Crippen molar-refractivity contribution < 1.29 is 0 Å². The van der Waals surface area contributed by atoms with E-state index in [1.807, 2.05) is 0 Å². The van der Waals surface area contributed by atoms with E-state index in [4.69, 9.17) is 0 Å². The van der Waals surface area contributed by atoms with Gasteiger partial charge in [-0.15, -0.1) is 0 Å². The summed E-state index contributed by atoms with van der Waals surface area (Å²) in [7, 11) is -2.20. The Hall–Kier alpha value is 0.644. The van der Waals surface area contributed by atoms with E-state index in [9.17, 15) is 0 Å². The highest BCUT2D eigenvalue weighted by Crippen LogP contribution is 2.37. The van der Waals surface area contributed by atoms with Gasteiger partial charge in [0.1, 0.15) is 0 Å². The van der Waals surface area contributed by atoms with E-state index in [2.05, 4.69) is 67.6 Å². The molecule has 0 amide bonds. The van der Waals surface area contributed by atoms with Gasteiger partial charge in [0, 0.05) is 0 Å². The predicted molar refractivity (Wildman–Crippen MR) is 94.3 cm³/mol. The van der Waals surface area contributed by atoms with Gasteiger partial charge in [0.15, 0.2) is 0 Å². The highest BCUT2D eigenvalue weighted by Gasteiger charge is 2.25. The van der Waals surface area contributed by atoms with E-state index in [-0.39, 0.29) is 0 Å². The van der Waals surface area contributed by atoms with Gasteiger partial charge in [-0.2, -0.15) is 0 Å². The maximum atomic E-state index is 2.65. The number of rotatable bonds is 2. The smallest absolute Gasteiger partial charge is 0.0858 e. The fourth-order valence-electron chi connectivity index (χ4n) is 2.31. The third-order valence-electron chi connectivity index (χ3n) is 3.04. The lowest BCUT2D eigenvalue weighted by molar-refractivity contribution is 0.680. The second kappa shape index (κ2) is 5.74. The second-order valence-corrected chi connectivity index (χ2v) is 19.4. The maximum Gasteiger partial charge on any atom is 0.0858 e. The van der Waals surface area contributed by atoms with E-state index in [0.717, 1.165) is 0 Å². The number of halogens is 1. The van der Waals surface area contributed by atoms with Gasteiger partial charge >= 0.3 is 0 Å². The molecule has 0 N–H and O–H groups in total. The predicted octanol–water partition coefficient (Wildman–Crippen LogP) is 5.93. The molecule has 98 valence electrons. The number of hydrogen-bond acceptors (Lipinski definition) is 0. The molecule has 1 saturated carbocycles. The molecule has 0 radical (unpaired) electrons. The highest BCUT2D eigenvalue weighted by molar-refractivity contribution is 14.1. The first-order chi connectivity index (χ1) is 7.61. The van der Waals surface area contributed by atoms with Crippen molar-refractivity contribution in [1.29, 1.82) is 0 Å². The standard InChI is InChI=1S/C14H27ISi2/c1-16(2,3)11-12-9-7-8-10-13(12)14(15)17(4,5)6/h11H,7-10H2,1-6H3/b12-11+,14-13+. The summed E-state index contributed by atoms with van der Waals surface area (Å²) >= 11 is 2.65. The SMILES string of the molecule is C[Si](C)(C)/C=C1\CCCC\C1=C(\I)[Si](C)(C)C. The Labute approximate surface area is 123 Å². The molecule has 1 aliphatic rings. The molecular formula is C14H27ISi2. The van der Waals surface area contributed by atoms with Crippen LogP contribution in [0.15, 0.2) is 20.0 Å². The summed E-state index contributed by atoms with van der Waals surface area (Å²) in [6, 6.07) is 0. The van der Waals surface area contributed by atoms with Crippen molar-refractivity contribution in [3.8, 4) is 0 Å². The van der Waals surface area contributed by atoms with Crippen molar-refractivity contribution in [2.45, 2.75) is 65.0 Å². The lowest BCUT2D eigenvalue weighted by Gasteiger charge is -2.27. The second-order valence-electron chi connectivity index (χ2n) is 7.29. The summed E-state index contributed by atoms with van der Waals surface area (Å²) in [6.45, 7) is 14.8. The summed E-state index contributed by atoms with van der Waals surface area (Å²) in [5, 5.41) is 0. The molecule has 0 aromatic rings. The molecule has 0 aromatic carbocycles. The van der Waals surface area contributed by atoms with Crippen LogP contribution in [-0.2, 0) is 0 Å². The minimum absolute atomic E-state index is 1.08. The zero-order chi connectivity index (χ0) is 13.3. The Morgan fingerprint density at radius 2 is 1.53 bits per heavy atom. The van der Waals surface area contributed by atoms with E-state index in [1.165, 1.54) is 25.7 Å². The van der Waals surface area contributed by atoms with Crippen LogP contribution in [0.4, 0.5) is 0 Å². The Morgan fingerprint density at radius 3 is 2.00 bits per heavy atom. The van der Waals surface area contributed by atoms with Gasteiger partial charge in [-0.05, 0) is 34.5 Å². The van der Waals surface area contributed by atoms with Crippen molar-refractivity contribution in [2.75, 3.05) is 0 Å². The monoisotopic (exact) mass is 378 g/mol. The fraction of sp³-hybridized carbons (Fsp3) is 0.714. The van der Waals surface area contributed by atoms with Gasteiger partial charge in [-0.25, -0.2) is 0 Å². The van der Waals surface area contributed by atoms with E-state index >= 15 is 0 Å². The number of allylic oxidation sites excluding steroid dienone is 2. The van der Waals surface area contributed by atoms with Gasteiger partial charge in [-0.1, -0.05) is 73.1 Å². The van der Waals surface area contributed by atoms with Crippen molar-refractivity contribution in [1.82, 2.24) is 0 Å². The van der Waals surface area contributed by atoms with Gasteiger partial charge in [0.05, 0.1) is 16.1 Å². The van der Waals surface area contributed by atoms with Gasteiger partial charge < -0.3 is 0 Å². The minimum atomic E-state index is -1.12. The molecule has 17 heavy (non-hydrogen) atoms. The molecular weight excluding hydrogens is 351 g/mol. The normalized spacial score (nSPS) is 24.1. The summed E-state index contributed by atoms with van der Waals surface area (Å²) in [5.41, 5.74) is 6.10. The molecule has 1 fully saturated rings. The first kappa shape index (κ1) is 15.7. The van der Waals surface area contributed by atoms with Crippen LogP contribution in [0.2, 0.25) is 39.3 Å². The molecule has 1 rings (SSSR count). The zero-order valence-electron chi connectivity index (χ0n) is 12.3. The third-order valence-corrected chi connectivity index (χ3v) is 11.4. The van der Waals surface area contributed by atoms with Crippen LogP contribution in [-0.4, -0.2) is 16.1 Å². The van der Waals surface area contributed by atoms with E-state index in [0.29, 0.717) is 0 Å². The average molecular weight is 378 g/mol. The van der Waals surface area contributed by atoms with Gasteiger partial charge in [0.2, 0.25) is 0 Å². The summed E-state index contributed by atoms with van der Waals surface area (Å²) in [6.07, 6.45) is 5.46. The van der Waals surface area contributed by atoms with E-state index < -0.39 is 16.1 Å². The third kappa shape index (κ3) is 5.03. The zero-order valence-corrected chi connectivity index (χ0v) is 16.4. The Morgan fingerprint density at radius 1 is 1.00 bits per heavy atom. The fourth-order valence-corrected chi connectivity index (χ4v) is 5.48. The molecule has 0 atom stereocenters. The topological polar surface area (TPSA) is 0 Å². The minimum Gasteiger partial charge on any atom is -0.0916 e. The van der Waals surface area contributed by atoms with Crippen molar-refractivity contribution in [3.63, 3.8) is 0 Å². The van der Waals surface area contributed by atoms with Gasteiger partial charge in [-0.3, -0.25) is 0 Å². The Kier molecular flexibility index (Phi) is 5.30. The van der Waals surface area contributed by atoms with Crippen LogP contribution >= 0.6 is 22.6 Å². The van der Waals surface area contributed by atoms with Crippen molar-refractivity contribution in [2.24, 2.45) is 0 Å². The quantitative estimate of drug-likeness (QED) is 0.413. The van der Waals surface area contributed by atoms with Crippen molar-refractivity contribution >= 4 is 38.7 Å². The summed E-state index contributed by atoms with van der Waals surface area (Å²) in [4.78, 5) is 0. The summed E-state index contributed by atoms with van der Waals surface area (Å²) < 4.78 is 1.72. The Balaban J connectivity index is 3.16. The summed E-state index contributed by atoms with van der Waals surface area (Å²) in [5.74, 6) is 0. The average Bonchev–Trinajstić information content (AvgIpc) is 2.13. The maximum absolute atomic E-state index is 2.65. The lowest BCUT2D eigenvalue weighted by atomic mass is 9.92. The highest BCUT2D eigenvalue weighted by atomic mass is 127. The Bertz CT molecular complexity index is 340. The lowest BCUT2D eigenvalue weighted by Crippen LogP contribution is -2.24. The molecule has 3 heteroatoms. The molecule has 0 aromatic heterocycles. The van der Waals surface area contributed by atoms with Crippen LogP contribution in [0.25, 0.3) is 0 Å². The molecule has 0 nitrogen and oxygen atoms in total. The molecule has 0 aliphatic heterocycles.